The molecular weight excluding hydrogens is 929 g/mol. The number of fused-ring (bicyclic) bond motifs is 7. The van der Waals surface area contributed by atoms with Crippen LogP contribution in [0.1, 0.15) is 115 Å². The van der Waals surface area contributed by atoms with E-state index in [1.807, 2.05) is 34.6 Å². The average Bonchev–Trinajstić information content (AvgIpc) is 3.31. The lowest BCUT2D eigenvalue weighted by atomic mass is 9.32. The molecule has 19 nitrogen and oxygen atoms in total. The molecule has 10 N–H and O–H groups in total. The molecule has 0 aromatic carbocycles. The lowest BCUT2D eigenvalue weighted by Crippen LogP contribution is -2.76. The van der Waals surface area contributed by atoms with Gasteiger partial charge in [-0.25, -0.2) is 14.4 Å². The van der Waals surface area contributed by atoms with Crippen molar-refractivity contribution in [1.82, 2.24) is 0 Å². The van der Waals surface area contributed by atoms with Crippen LogP contribution in [0.4, 0.5) is 0 Å². The third-order valence-electron chi connectivity index (χ3n) is 19.6. The van der Waals surface area contributed by atoms with Crippen molar-refractivity contribution < 1.29 is 93.9 Å². The summed E-state index contributed by atoms with van der Waals surface area (Å²) in [6.45, 7) is 19.5. The van der Waals surface area contributed by atoms with Crippen LogP contribution in [-0.2, 0) is 42.8 Å². The summed E-state index contributed by atoms with van der Waals surface area (Å²) in [6, 6.07) is 0. The van der Waals surface area contributed by atoms with Gasteiger partial charge in [-0.05, 0) is 100 Å². The molecule has 2 heterocycles. The molecule has 7 unspecified atom stereocenters. The number of esters is 2. The van der Waals surface area contributed by atoms with Crippen LogP contribution in [0, 0.1) is 50.2 Å². The molecule has 2 saturated heterocycles. The second kappa shape index (κ2) is 19.7. The van der Waals surface area contributed by atoms with Crippen LogP contribution in [0.2, 0.25) is 0 Å². The van der Waals surface area contributed by atoms with Gasteiger partial charge < -0.3 is 79.5 Å². The van der Waals surface area contributed by atoms with Crippen molar-refractivity contribution in [2.24, 2.45) is 50.2 Å². The average molecular weight is 1010 g/mol. The fourth-order valence-corrected chi connectivity index (χ4v) is 15.0. The van der Waals surface area contributed by atoms with E-state index in [9.17, 15) is 65.4 Å². The molecule has 71 heavy (non-hydrogen) atoms. The molecule has 7 rings (SSSR count). The van der Waals surface area contributed by atoms with Gasteiger partial charge in [0.2, 0.25) is 0 Å². The predicted molar refractivity (Wildman–Crippen MR) is 250 cm³/mol. The highest BCUT2D eigenvalue weighted by Crippen LogP contribution is 2.76. The fraction of sp³-hybridized carbons (Fsp3) is 0.827. The van der Waals surface area contributed by atoms with Crippen molar-refractivity contribution in [3.8, 4) is 0 Å². The highest BCUT2D eigenvalue weighted by Gasteiger charge is 2.76. The number of ether oxygens (including phenoxy) is 6. The molecule has 402 valence electrons. The summed E-state index contributed by atoms with van der Waals surface area (Å²) < 4.78 is 36.5. The first-order chi connectivity index (χ1) is 33.0. The minimum absolute atomic E-state index is 0.0740. The van der Waals surface area contributed by atoms with E-state index >= 15 is 0 Å². The van der Waals surface area contributed by atoms with E-state index in [1.54, 1.807) is 39.8 Å². The Morgan fingerprint density at radius 1 is 0.718 bits per heavy atom. The number of carboxylic acids is 1. The maximum absolute atomic E-state index is 13.8. The van der Waals surface area contributed by atoms with Crippen molar-refractivity contribution in [2.45, 2.75) is 207 Å². The first-order valence-electron chi connectivity index (χ1n) is 25.2. The molecule has 7 aliphatic rings. The number of rotatable bonds is 11. The number of aliphatic carboxylic acids is 1. The van der Waals surface area contributed by atoms with E-state index in [-0.39, 0.29) is 17.4 Å². The van der Waals surface area contributed by atoms with E-state index in [0.29, 0.717) is 44.1 Å². The molecule has 0 aromatic rings. The van der Waals surface area contributed by atoms with Gasteiger partial charge in [-0.2, -0.15) is 0 Å². The quantitative estimate of drug-likeness (QED) is 0.0611. The van der Waals surface area contributed by atoms with Gasteiger partial charge in [0, 0.05) is 22.0 Å². The highest BCUT2D eigenvalue weighted by atomic mass is 16.8. The van der Waals surface area contributed by atoms with Crippen molar-refractivity contribution in [1.29, 1.82) is 0 Å². The summed E-state index contributed by atoms with van der Waals surface area (Å²) in [6.07, 6.45) is -15.8. The highest BCUT2D eigenvalue weighted by molar-refractivity contribution is 5.89. The van der Waals surface area contributed by atoms with E-state index in [2.05, 4.69) is 19.9 Å². The molecule has 5 aliphatic carbocycles. The Labute approximate surface area is 415 Å². The SMILES string of the molecule is C/C=C(/C)C(=O)O[C@H]1[C@H](OC(=O)/C(C)=C\C)[C@@]2(CO)C(CC1(C)C)C1=CCC3[C@@]4(C)CC[C@H](O[C@@H]5OC(C(=O)O)[C@@H](O)[C@@H](O)C5O[C@@H]5OC(CO)[C@H](O)[C@@H](O)C5O)C(C)(C)C4CC[C@@]3(C)[C@]1(C)[C@@H](O)[C@H]2O. The Morgan fingerprint density at radius 3 is 1.89 bits per heavy atom. The molecule has 0 bridgehead atoms. The molecule has 6 fully saturated rings. The third kappa shape index (κ3) is 8.49. The molecule has 0 spiro atoms. The number of allylic oxidation sites excluding steroid dienone is 3. The molecular formula is C52H80O19. The van der Waals surface area contributed by atoms with Crippen LogP contribution in [0.25, 0.3) is 0 Å². The molecule has 4 saturated carbocycles. The van der Waals surface area contributed by atoms with Gasteiger partial charge >= 0.3 is 17.9 Å². The Balaban J connectivity index is 1.22. The summed E-state index contributed by atoms with van der Waals surface area (Å²) >= 11 is 0. The van der Waals surface area contributed by atoms with Crippen LogP contribution >= 0.6 is 0 Å². The zero-order valence-electron chi connectivity index (χ0n) is 42.9. The molecule has 19 heteroatoms. The molecule has 0 aromatic heterocycles. The van der Waals surface area contributed by atoms with Gasteiger partial charge in [-0.15, -0.1) is 0 Å². The number of hydrogen-bond donors (Lipinski definition) is 10. The van der Waals surface area contributed by atoms with Gasteiger partial charge in [-0.1, -0.05) is 72.3 Å². The van der Waals surface area contributed by atoms with E-state index in [0.717, 1.165) is 5.57 Å². The van der Waals surface area contributed by atoms with Crippen LogP contribution in [0.3, 0.4) is 0 Å². The molecule has 22 atom stereocenters. The fourth-order valence-electron chi connectivity index (χ4n) is 15.0. The zero-order chi connectivity index (χ0) is 52.9. The maximum atomic E-state index is 13.8. The summed E-state index contributed by atoms with van der Waals surface area (Å²) in [5.41, 5.74) is -3.97. The zero-order valence-corrected chi connectivity index (χ0v) is 42.9. The number of aliphatic hydroxyl groups is 9. The Bertz CT molecular complexity index is 2120. The number of carbonyl (C=O) groups excluding carboxylic acids is 2. The first kappa shape index (κ1) is 55.9. The van der Waals surface area contributed by atoms with Crippen LogP contribution < -0.4 is 0 Å². The van der Waals surface area contributed by atoms with Crippen LogP contribution in [0.5, 0.6) is 0 Å². The molecule has 0 radical (unpaired) electrons. The van der Waals surface area contributed by atoms with E-state index < -0.39 is 161 Å². The minimum atomic E-state index is -2.02. The monoisotopic (exact) mass is 1010 g/mol. The number of hydrogen-bond acceptors (Lipinski definition) is 18. The van der Waals surface area contributed by atoms with Crippen LogP contribution in [-0.4, -0.2) is 174 Å². The normalized spacial score (nSPS) is 48.4. The Hall–Kier alpha value is -2.89. The second-order valence-electron chi connectivity index (χ2n) is 23.7. The maximum Gasteiger partial charge on any atom is 0.335 e. The van der Waals surface area contributed by atoms with Gasteiger partial charge in [0.05, 0.1) is 36.9 Å². The summed E-state index contributed by atoms with van der Waals surface area (Å²) in [5, 5.41) is 111. The van der Waals surface area contributed by atoms with Crippen molar-refractivity contribution in [3.05, 3.63) is 34.9 Å². The van der Waals surface area contributed by atoms with Gasteiger partial charge in [0.25, 0.3) is 0 Å². The smallest absolute Gasteiger partial charge is 0.335 e. The number of carbonyl (C=O) groups is 3. The lowest BCUT2D eigenvalue weighted by molar-refractivity contribution is -0.374. The van der Waals surface area contributed by atoms with Gasteiger partial charge in [-0.3, -0.25) is 0 Å². The molecule has 0 amide bonds. The summed E-state index contributed by atoms with van der Waals surface area (Å²) in [5.74, 6) is -3.72. The Morgan fingerprint density at radius 2 is 1.32 bits per heavy atom. The minimum Gasteiger partial charge on any atom is -0.479 e. The van der Waals surface area contributed by atoms with Gasteiger partial charge in [0.15, 0.2) is 24.8 Å². The predicted octanol–water partition coefficient (Wildman–Crippen LogP) is 1.80. The summed E-state index contributed by atoms with van der Waals surface area (Å²) in [4.78, 5) is 39.6. The van der Waals surface area contributed by atoms with Crippen molar-refractivity contribution >= 4 is 17.9 Å². The third-order valence-corrected chi connectivity index (χ3v) is 19.6. The van der Waals surface area contributed by atoms with Gasteiger partial charge in [0.1, 0.15) is 48.8 Å². The second-order valence-corrected chi connectivity index (χ2v) is 23.7. The van der Waals surface area contributed by atoms with Crippen LogP contribution in [0.15, 0.2) is 34.9 Å². The van der Waals surface area contributed by atoms with E-state index in [1.165, 1.54) is 0 Å². The topological polar surface area (TPSA) is 309 Å². The lowest BCUT2D eigenvalue weighted by Gasteiger charge is -2.73. The standard InChI is InChI=1S/C52H80O19/c1-12-23(3)43(64)70-40-41(71-44(65)24(4)13-2)52(22-54)26(20-47(40,5)6)25-14-15-29-49(9)18-17-30(48(7,8)28(49)16-19-50(29,10)51(25,11)38(60)39(52)61)67-46-37(34(58)33(57)36(68-46)42(62)63)69-45-35(59)32(56)31(55)27(21-53)66-45/h12-14,26-41,45-46,53-61H,15-22H2,1-11H3,(H,62,63)/b23-12-,24-13-/t26?,27?,28?,29?,30-,31-,32+,33-,34+,35?,36?,37?,38-,39+,40-,41-,45-,46+,49-,50+,51-,52-/m0/s1. The van der Waals surface area contributed by atoms with Crippen molar-refractivity contribution in [2.75, 3.05) is 13.2 Å². The molecule has 2 aliphatic heterocycles. The number of aliphatic hydroxyl groups excluding tert-OH is 9. The van der Waals surface area contributed by atoms with Crippen molar-refractivity contribution in [3.63, 3.8) is 0 Å². The largest absolute Gasteiger partial charge is 0.479 e. The number of carboxylic acid groups (broad SMARTS) is 1. The van der Waals surface area contributed by atoms with E-state index in [4.69, 9.17) is 28.4 Å². The Kier molecular flexibility index (Phi) is 15.5. The first-order valence-corrected chi connectivity index (χ1v) is 25.2. The summed E-state index contributed by atoms with van der Waals surface area (Å²) in [7, 11) is 0.